The maximum atomic E-state index is 12.2. The Kier molecular flexibility index (Phi) is 2.96. The van der Waals surface area contributed by atoms with Crippen molar-refractivity contribution in [3.8, 4) is 0 Å². The van der Waals surface area contributed by atoms with Gasteiger partial charge in [0, 0.05) is 18.7 Å². The summed E-state index contributed by atoms with van der Waals surface area (Å²) in [5.41, 5.74) is 2.29. The molecular weight excluding hydrogens is 228 g/mol. The van der Waals surface area contributed by atoms with Crippen molar-refractivity contribution in [1.29, 1.82) is 0 Å². The molecule has 0 saturated carbocycles. The molecule has 2 N–H and O–H groups in total. The zero-order valence-corrected chi connectivity index (χ0v) is 10.5. The molecule has 2 aliphatic heterocycles. The minimum absolute atomic E-state index is 0.0774. The highest BCUT2D eigenvalue weighted by atomic mass is 16.5. The first-order chi connectivity index (χ1) is 8.74. The number of benzene rings is 1. The van der Waals surface area contributed by atoms with Gasteiger partial charge in [-0.1, -0.05) is 18.2 Å². The summed E-state index contributed by atoms with van der Waals surface area (Å²) in [5.74, 6) is 0.0774. The smallest absolute Gasteiger partial charge is 0.243 e. The number of carbonyl (C=O) groups excluding carboxylic acids is 1. The van der Waals surface area contributed by atoms with Crippen LogP contribution in [0.25, 0.3) is 0 Å². The van der Waals surface area contributed by atoms with Crippen LogP contribution in [0.2, 0.25) is 0 Å². The molecule has 0 bridgehead atoms. The Morgan fingerprint density at radius 2 is 2.28 bits per heavy atom. The summed E-state index contributed by atoms with van der Waals surface area (Å²) in [4.78, 5) is 12.2. The van der Waals surface area contributed by atoms with Crippen molar-refractivity contribution < 1.29 is 9.53 Å². The average Bonchev–Trinajstić information content (AvgIpc) is 2.96. The van der Waals surface area contributed by atoms with Crippen molar-refractivity contribution in [3.05, 3.63) is 29.8 Å². The predicted molar refractivity (Wildman–Crippen MR) is 69.5 cm³/mol. The van der Waals surface area contributed by atoms with E-state index < -0.39 is 0 Å². The van der Waals surface area contributed by atoms with E-state index in [0.717, 1.165) is 25.1 Å². The molecule has 2 unspecified atom stereocenters. The van der Waals surface area contributed by atoms with E-state index in [1.54, 1.807) is 0 Å². The molecule has 4 heteroatoms. The van der Waals surface area contributed by atoms with E-state index in [-0.39, 0.29) is 24.1 Å². The molecule has 1 amide bonds. The van der Waals surface area contributed by atoms with Gasteiger partial charge in [0.05, 0.1) is 12.1 Å². The zero-order valence-electron chi connectivity index (χ0n) is 10.5. The van der Waals surface area contributed by atoms with Crippen LogP contribution >= 0.6 is 0 Å². The Morgan fingerprint density at radius 1 is 1.44 bits per heavy atom. The second kappa shape index (κ2) is 4.61. The summed E-state index contributed by atoms with van der Waals surface area (Å²) >= 11 is 0. The lowest BCUT2D eigenvalue weighted by Gasteiger charge is -2.19. The molecule has 3 atom stereocenters. The van der Waals surface area contributed by atoms with Crippen molar-refractivity contribution in [2.45, 2.75) is 38.0 Å². The number of hydrogen-bond acceptors (Lipinski definition) is 3. The summed E-state index contributed by atoms with van der Waals surface area (Å²) in [6, 6.07) is 8.09. The molecule has 18 heavy (non-hydrogen) atoms. The molecule has 2 heterocycles. The van der Waals surface area contributed by atoms with Crippen molar-refractivity contribution in [2.75, 3.05) is 11.9 Å². The van der Waals surface area contributed by atoms with E-state index in [9.17, 15) is 4.79 Å². The number of nitrogens with one attached hydrogen (secondary N) is 2. The first kappa shape index (κ1) is 11.5. The van der Waals surface area contributed by atoms with Gasteiger partial charge in [0.15, 0.2) is 0 Å². The lowest BCUT2D eigenvalue weighted by atomic mass is 10.1. The van der Waals surface area contributed by atoms with Crippen LogP contribution in [-0.4, -0.2) is 30.7 Å². The number of fused-ring (bicyclic) bond motifs is 1. The van der Waals surface area contributed by atoms with Gasteiger partial charge >= 0.3 is 0 Å². The van der Waals surface area contributed by atoms with E-state index in [2.05, 4.69) is 16.7 Å². The first-order valence-corrected chi connectivity index (χ1v) is 6.50. The number of amides is 1. The van der Waals surface area contributed by atoms with E-state index in [1.807, 2.05) is 25.1 Å². The molecule has 1 fully saturated rings. The highest BCUT2D eigenvalue weighted by Gasteiger charge is 2.31. The van der Waals surface area contributed by atoms with Gasteiger partial charge in [-0.15, -0.1) is 0 Å². The molecule has 0 radical (unpaired) electrons. The van der Waals surface area contributed by atoms with Crippen LogP contribution in [0, 0.1) is 0 Å². The van der Waals surface area contributed by atoms with Gasteiger partial charge in [0.25, 0.3) is 0 Å². The Labute approximate surface area is 107 Å². The van der Waals surface area contributed by atoms with Crippen LogP contribution < -0.4 is 10.6 Å². The number of rotatable bonds is 2. The largest absolute Gasteiger partial charge is 0.376 e. The Hall–Kier alpha value is -1.55. The van der Waals surface area contributed by atoms with Crippen LogP contribution in [-0.2, 0) is 16.0 Å². The van der Waals surface area contributed by atoms with Crippen molar-refractivity contribution in [2.24, 2.45) is 0 Å². The van der Waals surface area contributed by atoms with E-state index in [0.29, 0.717) is 0 Å². The van der Waals surface area contributed by atoms with Gasteiger partial charge in [0.1, 0.15) is 6.04 Å². The van der Waals surface area contributed by atoms with Gasteiger partial charge in [-0.25, -0.2) is 0 Å². The monoisotopic (exact) mass is 246 g/mol. The van der Waals surface area contributed by atoms with E-state index in [4.69, 9.17) is 4.74 Å². The lowest BCUT2D eigenvalue weighted by Crippen LogP contribution is -2.46. The first-order valence-electron chi connectivity index (χ1n) is 6.50. The highest BCUT2D eigenvalue weighted by molar-refractivity contribution is 5.87. The number of anilines is 1. The molecule has 3 rings (SSSR count). The zero-order chi connectivity index (χ0) is 12.5. The summed E-state index contributed by atoms with van der Waals surface area (Å²) in [7, 11) is 0. The average molecular weight is 246 g/mol. The number of para-hydroxylation sites is 1. The fourth-order valence-corrected chi connectivity index (χ4v) is 2.66. The van der Waals surface area contributed by atoms with Crippen molar-refractivity contribution >= 4 is 11.6 Å². The van der Waals surface area contributed by atoms with Gasteiger partial charge < -0.3 is 15.4 Å². The third kappa shape index (κ3) is 2.08. The predicted octanol–water partition coefficient (Wildman–Crippen LogP) is 1.32. The van der Waals surface area contributed by atoms with Crippen LogP contribution in [0.3, 0.4) is 0 Å². The summed E-state index contributed by atoms with van der Waals surface area (Å²) < 4.78 is 5.46. The quantitative estimate of drug-likeness (QED) is 0.827. The fourth-order valence-electron chi connectivity index (χ4n) is 2.66. The van der Waals surface area contributed by atoms with Gasteiger partial charge in [-0.2, -0.15) is 0 Å². The van der Waals surface area contributed by atoms with E-state index in [1.165, 1.54) is 5.56 Å². The van der Waals surface area contributed by atoms with Crippen LogP contribution in [0.5, 0.6) is 0 Å². The standard InChI is InChI=1S/C14H18N2O2/c1-9-11(6-7-18-9)16-14(17)13-8-10-4-2-3-5-12(10)15-13/h2-5,9,11,13,15H,6-8H2,1H3,(H,16,17)/t9?,11?,13-/m0/s1. The van der Waals surface area contributed by atoms with Crippen LogP contribution in [0.1, 0.15) is 18.9 Å². The fraction of sp³-hybridized carbons (Fsp3) is 0.500. The number of ether oxygens (including phenoxy) is 1. The second-order valence-electron chi connectivity index (χ2n) is 5.04. The van der Waals surface area contributed by atoms with E-state index >= 15 is 0 Å². The summed E-state index contributed by atoms with van der Waals surface area (Å²) in [6.45, 7) is 2.75. The van der Waals surface area contributed by atoms with Gasteiger partial charge in [-0.3, -0.25) is 4.79 Å². The Bertz CT molecular complexity index is 436. The van der Waals surface area contributed by atoms with Crippen LogP contribution in [0.15, 0.2) is 24.3 Å². The molecule has 1 saturated heterocycles. The van der Waals surface area contributed by atoms with Gasteiger partial charge in [-0.05, 0) is 25.0 Å². The SMILES string of the molecule is CC1OCCC1NC(=O)[C@@H]1Cc2ccccc2N1. The number of hydrogen-bond donors (Lipinski definition) is 2. The molecule has 2 aliphatic rings. The molecule has 1 aromatic rings. The Balaban J connectivity index is 1.62. The number of carbonyl (C=O) groups is 1. The molecule has 0 spiro atoms. The molecule has 0 aromatic heterocycles. The minimum Gasteiger partial charge on any atom is -0.376 e. The molecular formula is C14H18N2O2. The summed E-state index contributed by atoms with van der Waals surface area (Å²) in [6.07, 6.45) is 1.80. The lowest BCUT2D eigenvalue weighted by molar-refractivity contribution is -0.122. The minimum atomic E-state index is -0.143. The van der Waals surface area contributed by atoms with Crippen molar-refractivity contribution in [1.82, 2.24) is 5.32 Å². The second-order valence-corrected chi connectivity index (χ2v) is 5.04. The summed E-state index contributed by atoms with van der Waals surface area (Å²) in [5, 5.41) is 6.35. The van der Waals surface area contributed by atoms with Crippen LogP contribution in [0.4, 0.5) is 5.69 Å². The van der Waals surface area contributed by atoms with Gasteiger partial charge in [0.2, 0.25) is 5.91 Å². The molecule has 0 aliphatic carbocycles. The molecule has 4 nitrogen and oxygen atoms in total. The maximum Gasteiger partial charge on any atom is 0.243 e. The third-order valence-corrected chi connectivity index (χ3v) is 3.79. The molecule has 1 aromatic carbocycles. The maximum absolute atomic E-state index is 12.2. The van der Waals surface area contributed by atoms with Crippen molar-refractivity contribution in [3.63, 3.8) is 0 Å². The molecule has 96 valence electrons. The third-order valence-electron chi connectivity index (χ3n) is 3.79. The topological polar surface area (TPSA) is 50.4 Å². The highest BCUT2D eigenvalue weighted by Crippen LogP contribution is 2.25. The Morgan fingerprint density at radius 3 is 3.00 bits per heavy atom. The normalized spacial score (nSPS) is 29.7.